The second-order valence-electron chi connectivity index (χ2n) is 7.24. The second-order valence-corrected chi connectivity index (χ2v) is 8.86. The van der Waals surface area contributed by atoms with Gasteiger partial charge in [0.05, 0.1) is 10.6 Å². The Labute approximate surface area is 177 Å². The average molecular weight is 422 g/mol. The van der Waals surface area contributed by atoms with Gasteiger partial charge < -0.3 is 4.74 Å². The van der Waals surface area contributed by atoms with Crippen LogP contribution in [0.15, 0.2) is 47.5 Å². The van der Waals surface area contributed by atoms with Crippen LogP contribution >= 0.6 is 0 Å². The number of aryl methyl sites for hydroxylation is 3. The van der Waals surface area contributed by atoms with E-state index in [1.165, 1.54) is 0 Å². The maximum Gasteiger partial charge on any atom is 0.262 e. The number of pyridine rings is 1. The fourth-order valence-corrected chi connectivity index (χ4v) is 5.01. The summed E-state index contributed by atoms with van der Waals surface area (Å²) in [5, 5.41) is 9.17. The lowest BCUT2D eigenvalue weighted by molar-refractivity contribution is 0.461. The summed E-state index contributed by atoms with van der Waals surface area (Å²) >= 11 is 0. The SMILES string of the molecule is Cc1cc(Oc2ncccc2C#N)ccc1NS(=O)(=O)c1c(C)c(C)cc(C)c1C. The molecule has 3 aromatic rings. The molecule has 0 saturated carbocycles. The Morgan fingerprint density at radius 3 is 2.23 bits per heavy atom. The molecule has 7 heteroatoms. The monoisotopic (exact) mass is 421 g/mol. The topological polar surface area (TPSA) is 92.1 Å². The van der Waals surface area contributed by atoms with Crippen LogP contribution in [0.4, 0.5) is 5.69 Å². The number of hydrogen-bond donors (Lipinski definition) is 1. The molecule has 1 aromatic heterocycles. The Bertz CT molecular complexity index is 1250. The smallest absolute Gasteiger partial charge is 0.262 e. The second kappa shape index (κ2) is 8.17. The van der Waals surface area contributed by atoms with Crippen molar-refractivity contribution in [1.82, 2.24) is 4.98 Å². The maximum atomic E-state index is 13.2. The molecule has 0 aliphatic rings. The summed E-state index contributed by atoms with van der Waals surface area (Å²) in [7, 11) is -3.77. The molecule has 6 nitrogen and oxygen atoms in total. The summed E-state index contributed by atoms with van der Waals surface area (Å²) in [6.45, 7) is 9.24. The molecule has 154 valence electrons. The third kappa shape index (κ3) is 4.14. The van der Waals surface area contributed by atoms with Crippen LogP contribution in [0.25, 0.3) is 0 Å². The largest absolute Gasteiger partial charge is 0.438 e. The van der Waals surface area contributed by atoms with Gasteiger partial charge in [-0.2, -0.15) is 5.26 Å². The van der Waals surface area contributed by atoms with E-state index in [0.717, 1.165) is 22.3 Å². The molecular formula is C23H23N3O3S. The van der Waals surface area contributed by atoms with Crippen molar-refractivity contribution in [1.29, 1.82) is 5.26 Å². The van der Waals surface area contributed by atoms with Crippen LogP contribution in [0.3, 0.4) is 0 Å². The molecule has 0 saturated heterocycles. The molecule has 0 bridgehead atoms. The maximum absolute atomic E-state index is 13.2. The Morgan fingerprint density at radius 2 is 1.63 bits per heavy atom. The van der Waals surface area contributed by atoms with E-state index in [0.29, 0.717) is 27.5 Å². The number of sulfonamides is 1. The van der Waals surface area contributed by atoms with Gasteiger partial charge in [0.2, 0.25) is 5.88 Å². The van der Waals surface area contributed by atoms with Gasteiger partial charge in [0, 0.05) is 6.20 Å². The molecule has 0 unspecified atom stereocenters. The van der Waals surface area contributed by atoms with Crippen molar-refractivity contribution < 1.29 is 13.2 Å². The molecule has 1 N–H and O–H groups in total. The third-order valence-corrected chi connectivity index (χ3v) is 6.75. The van der Waals surface area contributed by atoms with Gasteiger partial charge in [-0.05, 0) is 92.8 Å². The zero-order chi connectivity index (χ0) is 22.1. The minimum atomic E-state index is -3.77. The molecule has 0 atom stereocenters. The highest BCUT2D eigenvalue weighted by molar-refractivity contribution is 7.92. The van der Waals surface area contributed by atoms with Crippen molar-refractivity contribution in [2.45, 2.75) is 39.5 Å². The van der Waals surface area contributed by atoms with Crippen molar-refractivity contribution in [3.8, 4) is 17.7 Å². The zero-order valence-corrected chi connectivity index (χ0v) is 18.4. The number of ether oxygens (including phenoxy) is 1. The fourth-order valence-electron chi connectivity index (χ4n) is 3.26. The van der Waals surface area contributed by atoms with Crippen LogP contribution in [0, 0.1) is 45.9 Å². The Morgan fingerprint density at radius 1 is 0.967 bits per heavy atom. The normalized spacial score (nSPS) is 11.1. The summed E-state index contributed by atoms with van der Waals surface area (Å²) in [6.07, 6.45) is 1.54. The summed E-state index contributed by atoms with van der Waals surface area (Å²) in [5.74, 6) is 0.665. The van der Waals surface area contributed by atoms with E-state index in [1.807, 2.05) is 39.8 Å². The fraction of sp³-hybridized carbons (Fsp3) is 0.217. The highest BCUT2D eigenvalue weighted by atomic mass is 32.2. The number of aromatic nitrogens is 1. The lowest BCUT2D eigenvalue weighted by Crippen LogP contribution is -2.17. The first-order valence-corrected chi connectivity index (χ1v) is 10.9. The van der Waals surface area contributed by atoms with Crippen molar-refractivity contribution in [3.05, 3.63) is 76.0 Å². The first kappa shape index (κ1) is 21.3. The standard InChI is InChI=1S/C23H23N3O3S/c1-14-11-15(2)18(5)22(17(14)4)30(27,28)26-21-9-8-20(12-16(21)3)29-23-19(13-24)7-6-10-25-23/h6-12,26H,1-5H3. The van der Waals surface area contributed by atoms with Crippen molar-refractivity contribution in [3.63, 3.8) is 0 Å². The van der Waals surface area contributed by atoms with Crippen LogP contribution in [0.5, 0.6) is 11.6 Å². The van der Waals surface area contributed by atoms with E-state index in [2.05, 4.69) is 9.71 Å². The van der Waals surface area contributed by atoms with Gasteiger partial charge in [0.1, 0.15) is 17.4 Å². The molecule has 0 fully saturated rings. The number of nitrogens with one attached hydrogen (secondary N) is 1. The quantitative estimate of drug-likeness (QED) is 0.619. The number of benzene rings is 2. The molecule has 0 radical (unpaired) electrons. The van der Waals surface area contributed by atoms with E-state index in [9.17, 15) is 8.42 Å². The van der Waals surface area contributed by atoms with Crippen LogP contribution in [0.2, 0.25) is 0 Å². The van der Waals surface area contributed by atoms with Crippen molar-refractivity contribution >= 4 is 15.7 Å². The van der Waals surface area contributed by atoms with E-state index < -0.39 is 10.0 Å². The molecular weight excluding hydrogens is 398 g/mol. The van der Waals surface area contributed by atoms with E-state index in [-0.39, 0.29) is 5.88 Å². The lowest BCUT2D eigenvalue weighted by Gasteiger charge is -2.18. The molecule has 0 aliphatic carbocycles. The number of nitriles is 1. The van der Waals surface area contributed by atoms with Crippen LogP contribution < -0.4 is 9.46 Å². The number of anilines is 1. The third-order valence-electron chi connectivity index (χ3n) is 5.11. The molecule has 1 heterocycles. The average Bonchev–Trinajstić information content (AvgIpc) is 2.69. The molecule has 3 rings (SSSR count). The van der Waals surface area contributed by atoms with Gasteiger partial charge in [0.25, 0.3) is 10.0 Å². The van der Waals surface area contributed by atoms with Gasteiger partial charge in [-0.1, -0.05) is 6.07 Å². The molecule has 0 aliphatic heterocycles. The zero-order valence-electron chi connectivity index (χ0n) is 17.6. The predicted molar refractivity (Wildman–Crippen MR) is 116 cm³/mol. The van der Waals surface area contributed by atoms with Crippen LogP contribution in [-0.4, -0.2) is 13.4 Å². The highest BCUT2D eigenvalue weighted by Gasteiger charge is 2.23. The van der Waals surface area contributed by atoms with Gasteiger partial charge in [-0.25, -0.2) is 13.4 Å². The van der Waals surface area contributed by atoms with Crippen LogP contribution in [-0.2, 0) is 10.0 Å². The van der Waals surface area contributed by atoms with Crippen LogP contribution in [0.1, 0.15) is 33.4 Å². The summed E-state index contributed by atoms with van der Waals surface area (Å²) in [4.78, 5) is 4.39. The van der Waals surface area contributed by atoms with E-state index in [1.54, 1.807) is 43.5 Å². The molecule has 2 aromatic carbocycles. The lowest BCUT2D eigenvalue weighted by atomic mass is 10.0. The van der Waals surface area contributed by atoms with Gasteiger partial charge in [-0.15, -0.1) is 0 Å². The summed E-state index contributed by atoms with van der Waals surface area (Å²) < 4.78 is 34.8. The Hall–Kier alpha value is -3.37. The van der Waals surface area contributed by atoms with Gasteiger partial charge >= 0.3 is 0 Å². The number of rotatable bonds is 5. The minimum absolute atomic E-state index is 0.203. The van der Waals surface area contributed by atoms with Gasteiger partial charge in [-0.3, -0.25) is 4.72 Å². The first-order valence-electron chi connectivity index (χ1n) is 9.38. The highest BCUT2D eigenvalue weighted by Crippen LogP contribution is 2.31. The summed E-state index contributed by atoms with van der Waals surface area (Å²) in [5.41, 5.74) is 4.81. The molecule has 30 heavy (non-hydrogen) atoms. The molecule has 0 spiro atoms. The van der Waals surface area contributed by atoms with Crippen molar-refractivity contribution in [2.75, 3.05) is 4.72 Å². The Kier molecular flexibility index (Phi) is 5.81. The minimum Gasteiger partial charge on any atom is -0.438 e. The predicted octanol–water partition coefficient (Wildman–Crippen LogP) is 5.09. The van der Waals surface area contributed by atoms with Crippen molar-refractivity contribution in [2.24, 2.45) is 0 Å². The van der Waals surface area contributed by atoms with E-state index in [4.69, 9.17) is 10.00 Å². The first-order chi connectivity index (χ1) is 14.1. The molecule has 0 amide bonds. The Balaban J connectivity index is 1.93. The number of hydrogen-bond acceptors (Lipinski definition) is 5. The van der Waals surface area contributed by atoms with E-state index >= 15 is 0 Å². The van der Waals surface area contributed by atoms with Gasteiger partial charge in [0.15, 0.2) is 0 Å². The number of nitrogens with zero attached hydrogens (tertiary/aromatic N) is 2. The summed E-state index contributed by atoms with van der Waals surface area (Å²) in [6, 6.07) is 12.3.